The maximum atomic E-state index is 11.0. The maximum absolute atomic E-state index is 11.0. The van der Waals surface area contributed by atoms with Crippen LogP contribution in [0.25, 0.3) is 0 Å². The minimum atomic E-state index is -0.279. The SMILES string of the molecule is O=[N+]([O-])c1ccccc1S[C@@H]1[C@@H]2CC[C@H](C2)[C@@H]1Br. The minimum absolute atomic E-state index is 0.241. The van der Waals surface area contributed by atoms with Gasteiger partial charge in [0.25, 0.3) is 5.69 Å². The van der Waals surface area contributed by atoms with Crippen molar-refractivity contribution in [3.8, 4) is 0 Å². The molecule has 0 saturated heterocycles. The van der Waals surface area contributed by atoms with E-state index in [2.05, 4.69) is 15.9 Å². The van der Waals surface area contributed by atoms with Gasteiger partial charge in [-0.25, -0.2) is 0 Å². The van der Waals surface area contributed by atoms with Crippen LogP contribution >= 0.6 is 27.7 Å². The Morgan fingerprint density at radius 2 is 2.00 bits per heavy atom. The van der Waals surface area contributed by atoms with E-state index in [9.17, 15) is 10.1 Å². The Hall–Kier alpha value is -0.550. The van der Waals surface area contributed by atoms with Crippen LogP contribution in [0.1, 0.15) is 19.3 Å². The standard InChI is InChI=1S/C13H14BrNO2S/c14-12-8-5-6-9(7-8)13(12)18-11-4-2-1-3-10(11)15(16)17/h1-4,8-9,12-13H,5-7H2/t8-,9-,12+,13-/m1/s1. The Bertz CT molecular complexity index is 480. The number of fused-ring (bicyclic) bond motifs is 2. The average Bonchev–Trinajstić information content (AvgIpc) is 2.93. The summed E-state index contributed by atoms with van der Waals surface area (Å²) in [6, 6.07) is 7.08. The summed E-state index contributed by atoms with van der Waals surface area (Å²) >= 11 is 5.48. The van der Waals surface area contributed by atoms with Crippen molar-refractivity contribution in [3.05, 3.63) is 34.4 Å². The molecule has 96 valence electrons. The second kappa shape index (κ2) is 4.85. The molecule has 18 heavy (non-hydrogen) atoms. The second-order valence-corrected chi connectivity index (χ2v) is 7.36. The number of hydrogen-bond donors (Lipinski definition) is 0. The molecule has 0 amide bonds. The topological polar surface area (TPSA) is 43.1 Å². The van der Waals surface area contributed by atoms with Crippen LogP contribution in [0.5, 0.6) is 0 Å². The first kappa shape index (κ1) is 12.5. The molecule has 1 aromatic rings. The van der Waals surface area contributed by atoms with Crippen molar-refractivity contribution in [2.45, 2.75) is 34.2 Å². The number of thioether (sulfide) groups is 1. The number of rotatable bonds is 3. The molecular weight excluding hydrogens is 314 g/mol. The van der Waals surface area contributed by atoms with Crippen LogP contribution in [-0.4, -0.2) is 15.0 Å². The first-order valence-electron chi connectivity index (χ1n) is 6.21. The van der Waals surface area contributed by atoms with Gasteiger partial charge in [-0.15, -0.1) is 11.8 Å². The predicted molar refractivity (Wildman–Crippen MR) is 76.3 cm³/mol. The van der Waals surface area contributed by atoms with Gasteiger partial charge in [0.05, 0.1) is 9.82 Å². The number of nitrogens with zero attached hydrogens (tertiary/aromatic N) is 1. The van der Waals surface area contributed by atoms with Crippen molar-refractivity contribution in [3.63, 3.8) is 0 Å². The summed E-state index contributed by atoms with van der Waals surface area (Å²) in [5.41, 5.74) is 0.241. The molecule has 1 aromatic carbocycles. The van der Waals surface area contributed by atoms with Gasteiger partial charge in [0, 0.05) is 16.1 Å². The zero-order valence-corrected chi connectivity index (χ0v) is 12.2. The number of hydrogen-bond acceptors (Lipinski definition) is 3. The third kappa shape index (κ3) is 2.07. The van der Waals surface area contributed by atoms with Crippen molar-refractivity contribution in [1.29, 1.82) is 0 Å². The van der Waals surface area contributed by atoms with E-state index in [4.69, 9.17) is 0 Å². The largest absolute Gasteiger partial charge is 0.282 e. The van der Waals surface area contributed by atoms with E-state index < -0.39 is 0 Å². The number of para-hydroxylation sites is 1. The fraction of sp³-hybridized carbons (Fsp3) is 0.538. The fourth-order valence-electron chi connectivity index (χ4n) is 3.18. The first-order valence-corrected chi connectivity index (χ1v) is 8.00. The third-order valence-electron chi connectivity index (χ3n) is 4.07. The molecule has 3 nitrogen and oxygen atoms in total. The van der Waals surface area contributed by atoms with E-state index >= 15 is 0 Å². The first-order chi connectivity index (χ1) is 8.66. The van der Waals surface area contributed by atoms with E-state index in [1.807, 2.05) is 12.1 Å². The van der Waals surface area contributed by atoms with Gasteiger partial charge >= 0.3 is 0 Å². The lowest BCUT2D eigenvalue weighted by Gasteiger charge is -2.26. The summed E-state index contributed by atoms with van der Waals surface area (Å²) in [4.78, 5) is 12.1. The zero-order chi connectivity index (χ0) is 12.7. The Labute approximate surface area is 119 Å². The third-order valence-corrected chi connectivity index (χ3v) is 7.28. The lowest BCUT2D eigenvalue weighted by molar-refractivity contribution is -0.387. The van der Waals surface area contributed by atoms with Crippen molar-refractivity contribution in [2.24, 2.45) is 11.8 Å². The van der Waals surface area contributed by atoms with Crippen LogP contribution in [0.15, 0.2) is 29.2 Å². The number of alkyl halides is 1. The molecule has 2 fully saturated rings. The number of benzene rings is 1. The highest BCUT2D eigenvalue weighted by atomic mass is 79.9. The highest BCUT2D eigenvalue weighted by Crippen LogP contribution is 2.54. The molecule has 0 unspecified atom stereocenters. The Balaban J connectivity index is 1.83. The van der Waals surface area contributed by atoms with Gasteiger partial charge in [-0.2, -0.15) is 0 Å². The predicted octanol–water partition coefficient (Wildman–Crippen LogP) is 4.25. The quantitative estimate of drug-likeness (QED) is 0.473. The van der Waals surface area contributed by atoms with Crippen molar-refractivity contribution < 1.29 is 4.92 Å². The summed E-state index contributed by atoms with van der Waals surface area (Å²) in [6.45, 7) is 0. The van der Waals surface area contributed by atoms with Crippen LogP contribution in [0.3, 0.4) is 0 Å². The monoisotopic (exact) mass is 327 g/mol. The number of nitro groups is 1. The van der Waals surface area contributed by atoms with Crippen LogP contribution in [0, 0.1) is 22.0 Å². The summed E-state index contributed by atoms with van der Waals surface area (Å²) in [5, 5.41) is 11.5. The normalized spacial score (nSPS) is 33.8. The molecule has 4 atom stereocenters. The summed E-state index contributed by atoms with van der Waals surface area (Å²) in [7, 11) is 0. The van der Waals surface area contributed by atoms with Gasteiger partial charge < -0.3 is 0 Å². The summed E-state index contributed by atoms with van der Waals surface area (Å²) in [5.74, 6) is 1.50. The van der Waals surface area contributed by atoms with Crippen LogP contribution < -0.4 is 0 Å². The molecular formula is C13H14BrNO2S. The van der Waals surface area contributed by atoms with Crippen molar-refractivity contribution in [2.75, 3.05) is 0 Å². The van der Waals surface area contributed by atoms with Gasteiger partial charge in [0.1, 0.15) is 0 Å². The van der Waals surface area contributed by atoms with E-state index in [1.54, 1.807) is 23.9 Å². The van der Waals surface area contributed by atoms with Gasteiger partial charge in [-0.05, 0) is 37.2 Å². The molecule has 0 aromatic heterocycles. The molecule has 2 aliphatic rings. The highest BCUT2D eigenvalue weighted by Gasteiger charge is 2.47. The van der Waals surface area contributed by atoms with E-state index in [-0.39, 0.29) is 10.6 Å². The summed E-state index contributed by atoms with van der Waals surface area (Å²) in [6.07, 6.45) is 3.88. The Morgan fingerprint density at radius 1 is 1.28 bits per heavy atom. The van der Waals surface area contributed by atoms with E-state index in [0.29, 0.717) is 10.1 Å². The zero-order valence-electron chi connectivity index (χ0n) is 9.79. The van der Waals surface area contributed by atoms with Gasteiger partial charge in [0.15, 0.2) is 0 Å². The second-order valence-electron chi connectivity index (χ2n) is 5.08. The lowest BCUT2D eigenvalue weighted by Crippen LogP contribution is -2.24. The molecule has 2 saturated carbocycles. The van der Waals surface area contributed by atoms with Gasteiger partial charge in [-0.1, -0.05) is 28.1 Å². The Kier molecular flexibility index (Phi) is 3.36. The Morgan fingerprint density at radius 3 is 2.67 bits per heavy atom. The molecule has 0 aliphatic heterocycles. The molecule has 5 heteroatoms. The minimum Gasteiger partial charge on any atom is -0.258 e. The van der Waals surface area contributed by atoms with E-state index in [0.717, 1.165) is 16.7 Å². The van der Waals surface area contributed by atoms with Crippen LogP contribution in [-0.2, 0) is 0 Å². The van der Waals surface area contributed by atoms with Gasteiger partial charge in [0.2, 0.25) is 0 Å². The summed E-state index contributed by atoms with van der Waals surface area (Å²) < 4.78 is 0. The molecule has 0 N–H and O–H groups in total. The molecule has 0 radical (unpaired) electrons. The van der Waals surface area contributed by atoms with E-state index in [1.165, 1.54) is 19.3 Å². The van der Waals surface area contributed by atoms with Crippen LogP contribution in [0.4, 0.5) is 5.69 Å². The molecule has 0 heterocycles. The van der Waals surface area contributed by atoms with Gasteiger partial charge in [-0.3, -0.25) is 10.1 Å². The highest BCUT2D eigenvalue weighted by molar-refractivity contribution is 9.09. The smallest absolute Gasteiger partial charge is 0.258 e. The maximum Gasteiger partial charge on any atom is 0.282 e. The number of halogens is 1. The molecule has 3 rings (SSSR count). The number of nitro benzene ring substituents is 1. The fourth-order valence-corrected chi connectivity index (χ4v) is 5.93. The molecule has 2 aliphatic carbocycles. The average molecular weight is 328 g/mol. The molecule has 0 spiro atoms. The lowest BCUT2D eigenvalue weighted by atomic mass is 10.0. The van der Waals surface area contributed by atoms with Crippen molar-refractivity contribution >= 4 is 33.4 Å². The molecule has 2 bridgehead atoms. The van der Waals surface area contributed by atoms with Crippen LogP contribution in [0.2, 0.25) is 0 Å². The van der Waals surface area contributed by atoms with Crippen molar-refractivity contribution in [1.82, 2.24) is 0 Å².